The molecular formula is C28H23ClFN7O2. The van der Waals surface area contributed by atoms with Crippen LogP contribution in [0, 0.1) is 17.7 Å². The molecule has 4 N–H and O–H groups in total. The number of hydrogen-bond acceptors (Lipinski definition) is 8. The lowest BCUT2D eigenvalue weighted by atomic mass is 10.1. The van der Waals surface area contributed by atoms with E-state index in [-0.39, 0.29) is 33.4 Å². The minimum absolute atomic E-state index is 0.0641. The molecule has 196 valence electrons. The first-order valence-electron chi connectivity index (χ1n) is 11.7. The molecule has 0 amide bonds. The lowest BCUT2D eigenvalue weighted by Crippen LogP contribution is -2.30. The fourth-order valence-corrected chi connectivity index (χ4v) is 3.93. The van der Waals surface area contributed by atoms with E-state index in [1.54, 1.807) is 36.4 Å². The second kappa shape index (κ2) is 12.1. The number of fused-ring (bicyclic) bond motifs is 1. The molecule has 3 heterocycles. The van der Waals surface area contributed by atoms with Crippen LogP contribution in [0.4, 0.5) is 16.0 Å². The molecule has 0 saturated carbocycles. The predicted octanol–water partition coefficient (Wildman–Crippen LogP) is 4.10. The van der Waals surface area contributed by atoms with Crippen molar-refractivity contribution in [3.63, 3.8) is 0 Å². The maximum Gasteiger partial charge on any atom is 0.267 e. The van der Waals surface area contributed by atoms with Crippen molar-refractivity contribution in [2.45, 2.75) is 13.0 Å². The van der Waals surface area contributed by atoms with Crippen molar-refractivity contribution in [2.75, 3.05) is 17.7 Å². The van der Waals surface area contributed by atoms with Crippen molar-refractivity contribution in [2.24, 2.45) is 0 Å². The highest BCUT2D eigenvalue weighted by atomic mass is 35.5. The number of nitrogen functional groups attached to an aromatic ring is 1. The monoisotopic (exact) mass is 543 g/mol. The van der Waals surface area contributed by atoms with Gasteiger partial charge in [0.2, 0.25) is 0 Å². The molecule has 11 heteroatoms. The number of nitrogens with zero attached hydrogens (tertiary/aromatic N) is 5. The third-order valence-corrected chi connectivity index (χ3v) is 5.84. The summed E-state index contributed by atoms with van der Waals surface area (Å²) in [6, 6.07) is 6.64. The summed E-state index contributed by atoms with van der Waals surface area (Å²) >= 11 is 6.36. The van der Waals surface area contributed by atoms with Crippen LogP contribution in [0.1, 0.15) is 30.0 Å². The van der Waals surface area contributed by atoms with Crippen molar-refractivity contribution in [3.8, 4) is 11.8 Å². The summed E-state index contributed by atoms with van der Waals surface area (Å²) in [5.41, 5.74) is 6.91. The van der Waals surface area contributed by atoms with Crippen molar-refractivity contribution in [3.05, 3.63) is 112 Å². The zero-order chi connectivity index (χ0) is 27.9. The molecule has 0 radical (unpaired) electrons. The van der Waals surface area contributed by atoms with E-state index in [0.717, 1.165) is 6.20 Å². The van der Waals surface area contributed by atoms with E-state index < -0.39 is 24.0 Å². The molecule has 0 spiro atoms. The van der Waals surface area contributed by atoms with Crippen LogP contribution in [0.25, 0.3) is 16.6 Å². The standard InChI is InChI=1S/C28H23ClFN7O2/c1-3-5-7-19(4-2)37-27(36-22-9-6-8-21(29)24(22)28(37)39)23(15-38)35-26-20(25(31)33-16-34-26)13-12-18-11-10-17(30)14-32-18/h3-11,14,16,23,38H,2,15H2,1H3,(H3,31,33,34,35)/b5-3-,19-7+. The fraction of sp³-hybridized carbons (Fsp3) is 0.107. The highest BCUT2D eigenvalue weighted by Gasteiger charge is 2.23. The van der Waals surface area contributed by atoms with Gasteiger partial charge in [0.15, 0.2) is 0 Å². The van der Waals surface area contributed by atoms with Gasteiger partial charge in [-0.2, -0.15) is 0 Å². The third kappa shape index (κ3) is 5.85. The van der Waals surface area contributed by atoms with E-state index in [2.05, 4.69) is 43.7 Å². The van der Waals surface area contributed by atoms with Gasteiger partial charge in [-0.05, 0) is 49.3 Å². The lowest BCUT2D eigenvalue weighted by Gasteiger charge is -2.22. The summed E-state index contributed by atoms with van der Waals surface area (Å²) in [5, 5.41) is 14.0. The highest BCUT2D eigenvalue weighted by Crippen LogP contribution is 2.26. The van der Waals surface area contributed by atoms with Crippen molar-refractivity contribution in [1.82, 2.24) is 24.5 Å². The maximum atomic E-state index is 13.7. The average molecular weight is 544 g/mol. The first kappa shape index (κ1) is 27.2. The minimum Gasteiger partial charge on any atom is -0.394 e. The Morgan fingerprint density at radius 2 is 2.10 bits per heavy atom. The summed E-state index contributed by atoms with van der Waals surface area (Å²) in [5.74, 6) is 5.57. The maximum absolute atomic E-state index is 13.7. The van der Waals surface area contributed by atoms with Crippen LogP contribution in [0.5, 0.6) is 0 Å². The highest BCUT2D eigenvalue weighted by molar-refractivity contribution is 6.35. The van der Waals surface area contributed by atoms with E-state index in [9.17, 15) is 14.3 Å². The number of hydrogen-bond donors (Lipinski definition) is 3. The van der Waals surface area contributed by atoms with Crippen LogP contribution in [0.15, 0.2) is 78.5 Å². The van der Waals surface area contributed by atoms with Crippen LogP contribution >= 0.6 is 11.6 Å². The van der Waals surface area contributed by atoms with Gasteiger partial charge in [-0.15, -0.1) is 0 Å². The number of halogens is 2. The van der Waals surface area contributed by atoms with Gasteiger partial charge in [0.05, 0.1) is 28.7 Å². The number of anilines is 2. The van der Waals surface area contributed by atoms with E-state index in [4.69, 9.17) is 17.3 Å². The zero-order valence-corrected chi connectivity index (χ0v) is 21.5. The quantitative estimate of drug-likeness (QED) is 0.234. The normalized spacial score (nSPS) is 12.3. The second-order valence-electron chi connectivity index (χ2n) is 8.04. The van der Waals surface area contributed by atoms with Crippen molar-refractivity contribution < 1.29 is 9.50 Å². The van der Waals surface area contributed by atoms with Crippen LogP contribution in [0.3, 0.4) is 0 Å². The van der Waals surface area contributed by atoms with Gasteiger partial charge in [0.1, 0.15) is 46.9 Å². The summed E-state index contributed by atoms with van der Waals surface area (Å²) in [6.45, 7) is 5.19. The van der Waals surface area contributed by atoms with Crippen LogP contribution < -0.4 is 16.6 Å². The third-order valence-electron chi connectivity index (χ3n) is 5.52. The SMILES string of the molecule is C=C/C(=C\C=C/C)n1c(C(CO)Nc2ncnc(N)c2C#Cc2ccc(F)cn2)nc2cccc(Cl)c2c1=O. The Labute approximate surface area is 228 Å². The van der Waals surface area contributed by atoms with Crippen molar-refractivity contribution in [1.29, 1.82) is 0 Å². The number of aromatic nitrogens is 5. The Bertz CT molecular complexity index is 1720. The molecular weight excluding hydrogens is 521 g/mol. The smallest absolute Gasteiger partial charge is 0.267 e. The van der Waals surface area contributed by atoms with Gasteiger partial charge in [-0.25, -0.2) is 24.3 Å². The number of allylic oxidation sites excluding steroid dienone is 5. The van der Waals surface area contributed by atoms with E-state index in [1.807, 2.05) is 6.92 Å². The van der Waals surface area contributed by atoms with E-state index in [1.165, 1.54) is 29.1 Å². The average Bonchev–Trinajstić information content (AvgIpc) is 2.93. The predicted molar refractivity (Wildman–Crippen MR) is 150 cm³/mol. The molecule has 0 saturated heterocycles. The molecule has 0 bridgehead atoms. The summed E-state index contributed by atoms with van der Waals surface area (Å²) in [6.07, 6.45) is 9.00. The Hall–Kier alpha value is -4.85. The Morgan fingerprint density at radius 1 is 1.28 bits per heavy atom. The number of pyridine rings is 1. The van der Waals surface area contributed by atoms with Gasteiger partial charge in [-0.3, -0.25) is 9.36 Å². The van der Waals surface area contributed by atoms with Gasteiger partial charge in [0, 0.05) is 5.70 Å². The molecule has 4 aromatic rings. The molecule has 4 rings (SSSR count). The van der Waals surface area contributed by atoms with Gasteiger partial charge < -0.3 is 16.2 Å². The van der Waals surface area contributed by atoms with Gasteiger partial charge >= 0.3 is 0 Å². The molecule has 9 nitrogen and oxygen atoms in total. The lowest BCUT2D eigenvalue weighted by molar-refractivity contribution is 0.270. The number of nitrogens with one attached hydrogen (secondary N) is 1. The van der Waals surface area contributed by atoms with Gasteiger partial charge in [-0.1, -0.05) is 42.3 Å². The Morgan fingerprint density at radius 3 is 2.79 bits per heavy atom. The second-order valence-corrected chi connectivity index (χ2v) is 8.45. The summed E-state index contributed by atoms with van der Waals surface area (Å²) in [4.78, 5) is 30.6. The van der Waals surface area contributed by atoms with Crippen LogP contribution in [-0.4, -0.2) is 36.2 Å². The van der Waals surface area contributed by atoms with E-state index >= 15 is 0 Å². The number of aliphatic hydroxyl groups is 1. The molecule has 39 heavy (non-hydrogen) atoms. The Kier molecular flexibility index (Phi) is 8.46. The molecule has 0 aliphatic rings. The van der Waals surface area contributed by atoms with Crippen LogP contribution in [0.2, 0.25) is 5.02 Å². The van der Waals surface area contributed by atoms with Crippen LogP contribution in [-0.2, 0) is 0 Å². The summed E-state index contributed by atoms with van der Waals surface area (Å²) < 4.78 is 14.5. The zero-order valence-electron chi connectivity index (χ0n) is 20.8. The number of rotatable bonds is 7. The largest absolute Gasteiger partial charge is 0.394 e. The minimum atomic E-state index is -0.950. The first-order chi connectivity index (χ1) is 18.9. The molecule has 1 aromatic carbocycles. The van der Waals surface area contributed by atoms with Crippen molar-refractivity contribution >= 4 is 39.8 Å². The molecule has 1 unspecified atom stereocenters. The number of aliphatic hydroxyl groups excluding tert-OH is 1. The Balaban J connectivity index is 1.88. The fourth-order valence-electron chi connectivity index (χ4n) is 3.68. The van der Waals surface area contributed by atoms with Gasteiger partial charge in [0.25, 0.3) is 5.56 Å². The summed E-state index contributed by atoms with van der Waals surface area (Å²) in [7, 11) is 0. The molecule has 3 aromatic heterocycles. The number of nitrogens with two attached hydrogens (primary N) is 1. The molecule has 0 aliphatic heterocycles. The molecule has 0 fully saturated rings. The number of benzene rings is 1. The molecule has 1 atom stereocenters. The first-order valence-corrected chi connectivity index (χ1v) is 12.0. The topological polar surface area (TPSA) is 132 Å². The van der Waals surface area contributed by atoms with E-state index in [0.29, 0.717) is 16.9 Å². The molecule has 0 aliphatic carbocycles.